The number of urea groups is 1. The van der Waals surface area contributed by atoms with E-state index in [1.165, 1.54) is 18.4 Å². The maximum atomic E-state index is 12.0. The van der Waals surface area contributed by atoms with Gasteiger partial charge in [0.2, 0.25) is 10.0 Å². The third-order valence-corrected chi connectivity index (χ3v) is 6.02. The van der Waals surface area contributed by atoms with Crippen molar-refractivity contribution in [3.8, 4) is 0 Å². The highest BCUT2D eigenvalue weighted by molar-refractivity contribution is 7.89. The fraction of sp³-hybridized carbons (Fsp3) is 0.588. The zero-order valence-electron chi connectivity index (χ0n) is 14.8. The lowest BCUT2D eigenvalue weighted by Gasteiger charge is -2.23. The summed E-state index contributed by atoms with van der Waals surface area (Å²) in [5.41, 5.74) is 1.05. The minimum Gasteiger partial charge on any atom is -0.381 e. The number of rotatable bonds is 7. The van der Waals surface area contributed by atoms with Crippen LogP contribution in [-0.2, 0) is 21.2 Å². The lowest BCUT2D eigenvalue weighted by Crippen LogP contribution is -2.44. The smallest absolute Gasteiger partial charge is 0.315 e. The highest BCUT2D eigenvalue weighted by atomic mass is 32.2. The van der Waals surface area contributed by atoms with Crippen LogP contribution in [0.2, 0.25) is 0 Å². The topological polar surface area (TPSA) is 87.7 Å². The summed E-state index contributed by atoms with van der Waals surface area (Å²) in [6, 6.07) is 6.93. The van der Waals surface area contributed by atoms with Crippen LogP contribution in [0, 0.1) is 0 Å². The first-order valence-corrected chi connectivity index (χ1v) is 9.97. The Hall–Kier alpha value is -1.64. The van der Waals surface area contributed by atoms with Gasteiger partial charge >= 0.3 is 6.03 Å². The summed E-state index contributed by atoms with van der Waals surface area (Å²) in [5, 5.41) is 5.81. The number of benzene rings is 1. The van der Waals surface area contributed by atoms with E-state index in [0.29, 0.717) is 19.8 Å². The van der Waals surface area contributed by atoms with Crippen molar-refractivity contribution in [1.82, 2.24) is 14.9 Å². The van der Waals surface area contributed by atoms with Gasteiger partial charge in [0.1, 0.15) is 0 Å². The number of hydrogen-bond acceptors (Lipinski definition) is 4. The summed E-state index contributed by atoms with van der Waals surface area (Å²) in [7, 11) is -0.357. The van der Waals surface area contributed by atoms with Gasteiger partial charge in [-0.2, -0.15) is 0 Å². The van der Waals surface area contributed by atoms with Crippen molar-refractivity contribution in [1.29, 1.82) is 0 Å². The van der Waals surface area contributed by atoms with Gasteiger partial charge in [0, 0.05) is 39.9 Å². The van der Waals surface area contributed by atoms with E-state index in [9.17, 15) is 13.2 Å². The number of ether oxygens (including phenoxy) is 1. The highest BCUT2D eigenvalue weighted by Gasteiger charge is 2.17. The van der Waals surface area contributed by atoms with Gasteiger partial charge in [0.25, 0.3) is 0 Å². The van der Waals surface area contributed by atoms with Crippen LogP contribution in [0.5, 0.6) is 0 Å². The molecule has 1 aromatic rings. The Balaban J connectivity index is 1.70. The van der Waals surface area contributed by atoms with Crippen LogP contribution in [0.15, 0.2) is 29.2 Å². The van der Waals surface area contributed by atoms with Gasteiger partial charge in [-0.3, -0.25) is 0 Å². The van der Waals surface area contributed by atoms with E-state index in [2.05, 4.69) is 10.6 Å². The lowest BCUT2D eigenvalue weighted by atomic mass is 10.1. The molecule has 0 aliphatic carbocycles. The predicted octanol–water partition coefficient (Wildman–Crippen LogP) is 1.35. The van der Waals surface area contributed by atoms with Gasteiger partial charge in [0.15, 0.2) is 0 Å². The number of nitrogens with zero attached hydrogens (tertiary/aromatic N) is 1. The maximum absolute atomic E-state index is 12.0. The number of aryl methyl sites for hydroxylation is 1. The number of sulfonamides is 1. The summed E-state index contributed by atoms with van der Waals surface area (Å²) in [6.45, 7) is 1.97. The molecule has 0 atom stereocenters. The molecule has 0 aromatic heterocycles. The summed E-state index contributed by atoms with van der Waals surface area (Å²) < 4.78 is 30.5. The van der Waals surface area contributed by atoms with Crippen molar-refractivity contribution < 1.29 is 17.9 Å². The molecule has 0 saturated carbocycles. The van der Waals surface area contributed by atoms with Crippen LogP contribution in [0.4, 0.5) is 4.79 Å². The molecular formula is C17H27N3O4S. The van der Waals surface area contributed by atoms with Crippen LogP contribution in [0.1, 0.15) is 24.8 Å². The SMILES string of the molecule is CN(C)S(=O)(=O)c1ccc(CCCNC(=O)NC2CCOCC2)cc1. The van der Waals surface area contributed by atoms with Gasteiger partial charge in [0.05, 0.1) is 4.90 Å². The number of carbonyl (C=O) groups excluding carboxylic acids is 1. The quantitative estimate of drug-likeness (QED) is 0.710. The summed E-state index contributed by atoms with van der Waals surface area (Å²) in [4.78, 5) is 12.1. The zero-order chi connectivity index (χ0) is 18.3. The minimum absolute atomic E-state index is 0.140. The van der Waals surface area contributed by atoms with Crippen molar-refractivity contribution in [2.24, 2.45) is 0 Å². The molecule has 25 heavy (non-hydrogen) atoms. The minimum atomic E-state index is -3.39. The Labute approximate surface area is 149 Å². The first-order chi connectivity index (χ1) is 11.9. The van der Waals surface area contributed by atoms with Crippen LogP contribution >= 0.6 is 0 Å². The van der Waals surface area contributed by atoms with Gasteiger partial charge < -0.3 is 15.4 Å². The van der Waals surface area contributed by atoms with Gasteiger partial charge in [-0.15, -0.1) is 0 Å². The fourth-order valence-electron chi connectivity index (χ4n) is 2.61. The first kappa shape index (κ1) is 19.7. The Morgan fingerprint density at radius 2 is 1.84 bits per heavy atom. The molecule has 1 saturated heterocycles. The molecule has 8 heteroatoms. The van der Waals surface area contributed by atoms with Crippen molar-refractivity contribution in [3.63, 3.8) is 0 Å². The highest BCUT2D eigenvalue weighted by Crippen LogP contribution is 2.14. The Morgan fingerprint density at radius 3 is 2.44 bits per heavy atom. The van der Waals surface area contributed by atoms with Gasteiger partial charge in [-0.05, 0) is 43.4 Å². The third kappa shape index (κ3) is 5.98. The van der Waals surface area contributed by atoms with E-state index in [1.54, 1.807) is 12.1 Å². The lowest BCUT2D eigenvalue weighted by molar-refractivity contribution is 0.0801. The van der Waals surface area contributed by atoms with Crippen molar-refractivity contribution in [2.45, 2.75) is 36.6 Å². The van der Waals surface area contributed by atoms with Crippen LogP contribution in [0.3, 0.4) is 0 Å². The largest absolute Gasteiger partial charge is 0.381 e. The second-order valence-corrected chi connectivity index (χ2v) is 8.47. The molecule has 1 aliphatic rings. The summed E-state index contributed by atoms with van der Waals surface area (Å²) >= 11 is 0. The second-order valence-electron chi connectivity index (χ2n) is 6.32. The number of amides is 2. The maximum Gasteiger partial charge on any atom is 0.315 e. The molecule has 0 bridgehead atoms. The van der Waals surface area contributed by atoms with E-state index in [4.69, 9.17) is 4.74 Å². The summed E-state index contributed by atoms with van der Waals surface area (Å²) in [5.74, 6) is 0. The Morgan fingerprint density at radius 1 is 1.20 bits per heavy atom. The van der Waals surface area contributed by atoms with E-state index >= 15 is 0 Å². The molecule has 1 fully saturated rings. The van der Waals surface area contributed by atoms with Crippen LogP contribution in [-0.4, -0.2) is 58.6 Å². The van der Waals surface area contributed by atoms with Crippen molar-refractivity contribution in [2.75, 3.05) is 33.9 Å². The Bertz CT molecular complexity index is 653. The van der Waals surface area contributed by atoms with E-state index in [1.807, 2.05) is 12.1 Å². The van der Waals surface area contributed by atoms with Crippen LogP contribution < -0.4 is 10.6 Å². The first-order valence-electron chi connectivity index (χ1n) is 8.53. The second kappa shape index (κ2) is 9.17. The van der Waals surface area contributed by atoms with E-state index < -0.39 is 10.0 Å². The molecule has 1 aliphatic heterocycles. The van der Waals surface area contributed by atoms with E-state index in [-0.39, 0.29) is 17.0 Å². The molecule has 140 valence electrons. The van der Waals surface area contributed by atoms with Crippen LogP contribution in [0.25, 0.3) is 0 Å². The number of carbonyl (C=O) groups is 1. The molecule has 1 heterocycles. The number of nitrogens with one attached hydrogen (secondary N) is 2. The van der Waals surface area contributed by atoms with Crippen molar-refractivity contribution >= 4 is 16.1 Å². The Kier molecular flexibility index (Phi) is 7.22. The average Bonchev–Trinajstić information content (AvgIpc) is 2.60. The molecular weight excluding hydrogens is 342 g/mol. The predicted molar refractivity (Wildman–Crippen MR) is 96.0 cm³/mol. The zero-order valence-corrected chi connectivity index (χ0v) is 15.6. The molecule has 1 aromatic carbocycles. The van der Waals surface area contributed by atoms with Crippen molar-refractivity contribution in [3.05, 3.63) is 29.8 Å². The molecule has 0 spiro atoms. The summed E-state index contributed by atoms with van der Waals surface area (Å²) in [6.07, 6.45) is 3.28. The normalized spacial score (nSPS) is 16.0. The molecule has 0 radical (unpaired) electrons. The molecule has 0 unspecified atom stereocenters. The molecule has 2 rings (SSSR count). The number of hydrogen-bond donors (Lipinski definition) is 2. The van der Waals surface area contributed by atoms with Gasteiger partial charge in [-0.25, -0.2) is 17.5 Å². The fourth-order valence-corrected chi connectivity index (χ4v) is 3.51. The average molecular weight is 369 g/mol. The van der Waals surface area contributed by atoms with E-state index in [0.717, 1.165) is 31.2 Å². The monoisotopic (exact) mass is 369 g/mol. The third-order valence-electron chi connectivity index (χ3n) is 4.19. The molecule has 2 N–H and O–H groups in total. The van der Waals surface area contributed by atoms with Gasteiger partial charge in [-0.1, -0.05) is 12.1 Å². The standard InChI is InChI=1S/C17H27N3O4S/c1-20(2)25(22,23)16-7-5-14(6-8-16)4-3-11-18-17(21)19-15-9-12-24-13-10-15/h5-8,15H,3-4,9-13H2,1-2H3,(H2,18,19,21). The molecule has 2 amide bonds. The molecule has 7 nitrogen and oxygen atoms in total.